The van der Waals surface area contributed by atoms with Crippen LogP contribution in [0.5, 0.6) is 5.75 Å². The fourth-order valence-electron chi connectivity index (χ4n) is 2.27. The Bertz CT molecular complexity index is 374. The van der Waals surface area contributed by atoms with Gasteiger partial charge in [-0.1, -0.05) is 26.0 Å². The van der Waals surface area contributed by atoms with Gasteiger partial charge in [-0.25, -0.2) is 0 Å². The SMILES string of the molecule is CCC(C)c1ccc(OC2CC(O)C2OC)cc1. The van der Waals surface area contributed by atoms with E-state index in [4.69, 9.17) is 9.47 Å². The topological polar surface area (TPSA) is 38.7 Å². The summed E-state index contributed by atoms with van der Waals surface area (Å²) >= 11 is 0. The molecule has 1 fully saturated rings. The van der Waals surface area contributed by atoms with Crippen LogP contribution < -0.4 is 4.74 Å². The summed E-state index contributed by atoms with van der Waals surface area (Å²) in [5, 5.41) is 9.50. The lowest BCUT2D eigenvalue weighted by atomic mass is 9.88. The van der Waals surface area contributed by atoms with Gasteiger partial charge < -0.3 is 14.6 Å². The molecule has 100 valence electrons. The van der Waals surface area contributed by atoms with Crippen molar-refractivity contribution < 1.29 is 14.6 Å². The van der Waals surface area contributed by atoms with E-state index in [0.717, 1.165) is 12.2 Å². The molecule has 1 N–H and O–H groups in total. The Morgan fingerprint density at radius 3 is 2.50 bits per heavy atom. The van der Waals surface area contributed by atoms with E-state index in [0.29, 0.717) is 12.3 Å². The second-order valence-electron chi connectivity index (χ2n) is 5.04. The highest BCUT2D eigenvalue weighted by Gasteiger charge is 2.42. The lowest BCUT2D eigenvalue weighted by molar-refractivity contribution is -0.149. The van der Waals surface area contributed by atoms with Crippen molar-refractivity contribution in [3.63, 3.8) is 0 Å². The van der Waals surface area contributed by atoms with E-state index in [-0.39, 0.29) is 18.3 Å². The molecule has 3 nitrogen and oxygen atoms in total. The molecule has 0 bridgehead atoms. The zero-order chi connectivity index (χ0) is 13.1. The van der Waals surface area contributed by atoms with Crippen molar-refractivity contribution in [2.24, 2.45) is 0 Å². The minimum atomic E-state index is -0.389. The molecule has 0 heterocycles. The standard InChI is InChI=1S/C15H22O3/c1-4-10(2)11-5-7-12(8-6-11)18-14-9-13(16)15(14)17-3/h5-8,10,13-16H,4,9H2,1-3H3. The minimum absolute atomic E-state index is 0.0283. The second-order valence-corrected chi connectivity index (χ2v) is 5.04. The molecule has 0 aliphatic heterocycles. The van der Waals surface area contributed by atoms with Crippen molar-refractivity contribution in [2.75, 3.05) is 7.11 Å². The number of ether oxygens (including phenoxy) is 2. The van der Waals surface area contributed by atoms with Crippen molar-refractivity contribution in [1.29, 1.82) is 0 Å². The fourth-order valence-corrected chi connectivity index (χ4v) is 2.27. The fraction of sp³-hybridized carbons (Fsp3) is 0.600. The van der Waals surface area contributed by atoms with Gasteiger partial charge in [-0.15, -0.1) is 0 Å². The maximum absolute atomic E-state index is 9.50. The number of hydrogen-bond donors (Lipinski definition) is 1. The molecule has 1 saturated carbocycles. The summed E-state index contributed by atoms with van der Waals surface area (Å²) in [4.78, 5) is 0. The van der Waals surface area contributed by atoms with Crippen molar-refractivity contribution in [3.05, 3.63) is 29.8 Å². The van der Waals surface area contributed by atoms with Crippen LogP contribution in [0.2, 0.25) is 0 Å². The van der Waals surface area contributed by atoms with E-state index in [9.17, 15) is 5.11 Å². The highest BCUT2D eigenvalue weighted by Crippen LogP contribution is 2.29. The van der Waals surface area contributed by atoms with Crippen LogP contribution in [-0.2, 0) is 4.74 Å². The zero-order valence-corrected chi connectivity index (χ0v) is 11.3. The van der Waals surface area contributed by atoms with Gasteiger partial charge in [-0.05, 0) is 30.0 Å². The number of rotatable bonds is 5. The molecule has 1 aliphatic carbocycles. The highest BCUT2D eigenvalue weighted by atomic mass is 16.6. The third-order valence-electron chi connectivity index (χ3n) is 3.84. The monoisotopic (exact) mass is 250 g/mol. The van der Waals surface area contributed by atoms with Crippen molar-refractivity contribution in [1.82, 2.24) is 0 Å². The first kappa shape index (κ1) is 13.4. The summed E-state index contributed by atoms with van der Waals surface area (Å²) in [6, 6.07) is 8.22. The largest absolute Gasteiger partial charge is 0.488 e. The maximum atomic E-state index is 9.50. The van der Waals surface area contributed by atoms with E-state index >= 15 is 0 Å². The number of hydrogen-bond acceptors (Lipinski definition) is 3. The van der Waals surface area contributed by atoms with Crippen LogP contribution in [0, 0.1) is 0 Å². The van der Waals surface area contributed by atoms with Crippen LogP contribution >= 0.6 is 0 Å². The van der Waals surface area contributed by atoms with Gasteiger partial charge in [0, 0.05) is 13.5 Å². The molecular formula is C15H22O3. The van der Waals surface area contributed by atoms with E-state index < -0.39 is 0 Å². The van der Waals surface area contributed by atoms with Crippen LogP contribution in [0.3, 0.4) is 0 Å². The Morgan fingerprint density at radius 1 is 1.33 bits per heavy atom. The molecule has 18 heavy (non-hydrogen) atoms. The Balaban J connectivity index is 1.95. The Morgan fingerprint density at radius 2 is 2.00 bits per heavy atom. The van der Waals surface area contributed by atoms with Gasteiger partial charge in [0.15, 0.2) is 0 Å². The van der Waals surface area contributed by atoms with E-state index in [2.05, 4.69) is 26.0 Å². The van der Waals surface area contributed by atoms with Gasteiger partial charge in [0.25, 0.3) is 0 Å². The van der Waals surface area contributed by atoms with Crippen molar-refractivity contribution >= 4 is 0 Å². The highest BCUT2D eigenvalue weighted by molar-refractivity contribution is 5.29. The Kier molecular flexibility index (Phi) is 4.25. The van der Waals surface area contributed by atoms with Gasteiger partial charge >= 0.3 is 0 Å². The number of aliphatic hydroxyl groups is 1. The lowest BCUT2D eigenvalue weighted by Crippen LogP contribution is -2.54. The number of aliphatic hydroxyl groups excluding tert-OH is 1. The molecule has 1 aromatic carbocycles. The summed E-state index contributed by atoms with van der Waals surface area (Å²) in [6.45, 7) is 4.41. The summed E-state index contributed by atoms with van der Waals surface area (Å²) < 4.78 is 11.0. The summed E-state index contributed by atoms with van der Waals surface area (Å²) in [5.74, 6) is 1.43. The van der Waals surface area contributed by atoms with Crippen molar-refractivity contribution in [3.8, 4) is 5.75 Å². The van der Waals surface area contributed by atoms with E-state index in [1.807, 2.05) is 12.1 Å². The molecule has 0 saturated heterocycles. The smallest absolute Gasteiger partial charge is 0.130 e. The second kappa shape index (κ2) is 5.72. The molecule has 4 unspecified atom stereocenters. The molecule has 1 aliphatic rings. The van der Waals surface area contributed by atoms with Crippen molar-refractivity contribution in [2.45, 2.75) is 50.9 Å². The van der Waals surface area contributed by atoms with Gasteiger partial charge in [-0.3, -0.25) is 0 Å². The maximum Gasteiger partial charge on any atom is 0.130 e. The van der Waals surface area contributed by atoms with E-state index in [1.54, 1.807) is 7.11 Å². The van der Waals surface area contributed by atoms with Gasteiger partial charge in [-0.2, -0.15) is 0 Å². The van der Waals surface area contributed by atoms with Crippen LogP contribution in [0.15, 0.2) is 24.3 Å². The predicted octanol–water partition coefficient (Wildman–Crippen LogP) is 2.73. The van der Waals surface area contributed by atoms with Crippen LogP contribution in [0.1, 0.15) is 38.2 Å². The first-order valence-corrected chi connectivity index (χ1v) is 6.63. The van der Waals surface area contributed by atoms with Crippen LogP contribution in [0.25, 0.3) is 0 Å². The third-order valence-corrected chi connectivity index (χ3v) is 3.84. The van der Waals surface area contributed by atoms with Crippen LogP contribution in [0.4, 0.5) is 0 Å². The first-order valence-electron chi connectivity index (χ1n) is 6.63. The Hall–Kier alpha value is -1.06. The summed E-state index contributed by atoms with van der Waals surface area (Å²) in [5.41, 5.74) is 1.33. The van der Waals surface area contributed by atoms with E-state index in [1.165, 1.54) is 5.56 Å². The normalized spacial score (nSPS) is 28.6. The Labute approximate surface area is 109 Å². The number of methoxy groups -OCH3 is 1. The molecular weight excluding hydrogens is 228 g/mol. The summed E-state index contributed by atoms with van der Waals surface area (Å²) in [7, 11) is 1.61. The van der Waals surface area contributed by atoms with Gasteiger partial charge in [0.2, 0.25) is 0 Å². The predicted molar refractivity (Wildman–Crippen MR) is 71.0 cm³/mol. The van der Waals surface area contributed by atoms with Crippen LogP contribution in [-0.4, -0.2) is 30.5 Å². The molecule has 0 amide bonds. The summed E-state index contributed by atoms with van der Waals surface area (Å²) in [6.07, 6.45) is 1.17. The third kappa shape index (κ3) is 2.68. The molecule has 1 aromatic rings. The van der Waals surface area contributed by atoms with Gasteiger partial charge in [0.05, 0.1) is 6.10 Å². The molecule has 0 spiro atoms. The minimum Gasteiger partial charge on any atom is -0.488 e. The molecule has 4 atom stereocenters. The average Bonchev–Trinajstić information content (AvgIpc) is 2.38. The molecule has 0 aromatic heterocycles. The number of benzene rings is 1. The molecule has 3 heteroatoms. The zero-order valence-electron chi connectivity index (χ0n) is 11.3. The quantitative estimate of drug-likeness (QED) is 0.873. The molecule has 0 radical (unpaired) electrons. The van der Waals surface area contributed by atoms with Gasteiger partial charge in [0.1, 0.15) is 18.0 Å². The first-order chi connectivity index (χ1) is 8.65. The molecule has 2 rings (SSSR count). The lowest BCUT2D eigenvalue weighted by Gasteiger charge is -2.40. The average molecular weight is 250 g/mol.